The number of imidazole rings is 1. The Hall–Kier alpha value is -1.89. The van der Waals surface area contributed by atoms with Gasteiger partial charge in [-0.1, -0.05) is 0 Å². The number of hydrogen-bond acceptors (Lipinski definition) is 6. The van der Waals surface area contributed by atoms with Crippen molar-refractivity contribution in [3.63, 3.8) is 0 Å². The van der Waals surface area contributed by atoms with E-state index in [9.17, 15) is 0 Å². The zero-order valence-electron chi connectivity index (χ0n) is 8.77. The van der Waals surface area contributed by atoms with Crippen molar-refractivity contribution in [2.75, 3.05) is 36.8 Å². The normalized spacial score (nSPS) is 16.9. The van der Waals surface area contributed by atoms with E-state index in [0.29, 0.717) is 22.9 Å². The van der Waals surface area contributed by atoms with Gasteiger partial charge in [-0.25, -0.2) is 4.98 Å². The number of nitrogens with zero attached hydrogens (tertiary/aromatic N) is 4. The van der Waals surface area contributed by atoms with Gasteiger partial charge in [0.2, 0.25) is 5.95 Å². The highest BCUT2D eigenvalue weighted by Crippen LogP contribution is 2.17. The molecule has 1 fully saturated rings. The first-order chi connectivity index (χ1) is 7.84. The molecule has 0 amide bonds. The van der Waals surface area contributed by atoms with Gasteiger partial charge < -0.3 is 20.9 Å². The molecule has 4 N–H and O–H groups in total. The van der Waals surface area contributed by atoms with Crippen molar-refractivity contribution < 1.29 is 0 Å². The van der Waals surface area contributed by atoms with Crippen molar-refractivity contribution in [1.82, 2.24) is 25.3 Å². The maximum absolute atomic E-state index is 5.84. The number of hydrogen-bond donors (Lipinski definition) is 3. The smallest absolute Gasteiger partial charge is 0.229 e. The van der Waals surface area contributed by atoms with Gasteiger partial charge >= 0.3 is 0 Å². The van der Waals surface area contributed by atoms with E-state index >= 15 is 0 Å². The van der Waals surface area contributed by atoms with Crippen LogP contribution in [-0.4, -0.2) is 46.1 Å². The van der Waals surface area contributed by atoms with Crippen LogP contribution in [0.2, 0.25) is 0 Å². The molecule has 0 aliphatic carbocycles. The fourth-order valence-corrected chi connectivity index (χ4v) is 1.85. The van der Waals surface area contributed by atoms with Gasteiger partial charge in [-0.2, -0.15) is 9.97 Å². The monoisotopic (exact) mass is 219 g/mol. The predicted octanol–water partition coefficient (Wildman–Crippen LogP) is -0.655. The van der Waals surface area contributed by atoms with Gasteiger partial charge in [0, 0.05) is 26.2 Å². The molecule has 1 aliphatic rings. The van der Waals surface area contributed by atoms with Crippen LogP contribution in [-0.2, 0) is 0 Å². The number of anilines is 2. The number of nitrogens with one attached hydrogen (secondary N) is 2. The Labute approximate surface area is 92.1 Å². The fraction of sp³-hybridized carbons (Fsp3) is 0.444. The molecule has 0 bridgehead atoms. The zero-order chi connectivity index (χ0) is 11.0. The Balaban J connectivity index is 2.02. The number of fused-ring (bicyclic) bond motifs is 1. The van der Waals surface area contributed by atoms with Crippen molar-refractivity contribution in [2.45, 2.75) is 0 Å². The molecule has 84 valence electrons. The van der Waals surface area contributed by atoms with Crippen LogP contribution in [0.1, 0.15) is 0 Å². The summed E-state index contributed by atoms with van der Waals surface area (Å²) in [7, 11) is 0. The van der Waals surface area contributed by atoms with Crippen LogP contribution >= 0.6 is 0 Å². The lowest BCUT2D eigenvalue weighted by atomic mass is 10.4. The third kappa shape index (κ3) is 1.45. The quantitative estimate of drug-likeness (QED) is 0.589. The minimum absolute atomic E-state index is 0.455. The minimum atomic E-state index is 0.455. The van der Waals surface area contributed by atoms with Crippen LogP contribution in [0.4, 0.5) is 11.8 Å². The van der Waals surface area contributed by atoms with E-state index in [4.69, 9.17) is 5.73 Å². The summed E-state index contributed by atoms with van der Waals surface area (Å²) in [6.45, 7) is 3.69. The summed E-state index contributed by atoms with van der Waals surface area (Å²) in [6, 6.07) is 0. The van der Waals surface area contributed by atoms with E-state index in [2.05, 4.69) is 30.2 Å². The Kier molecular flexibility index (Phi) is 2.10. The molecular formula is C9H13N7. The summed E-state index contributed by atoms with van der Waals surface area (Å²) < 4.78 is 0. The molecule has 2 aromatic heterocycles. The first kappa shape index (κ1) is 9.34. The number of piperazine rings is 1. The number of H-pyrrole nitrogens is 1. The van der Waals surface area contributed by atoms with Crippen LogP contribution in [0, 0.1) is 0 Å². The van der Waals surface area contributed by atoms with E-state index in [1.165, 1.54) is 0 Å². The SMILES string of the molecule is Nc1nc(N2CCNCC2)nc2nc[nH]c12. The summed E-state index contributed by atoms with van der Waals surface area (Å²) in [5.41, 5.74) is 7.18. The summed E-state index contributed by atoms with van der Waals surface area (Å²) in [4.78, 5) is 17.8. The molecule has 3 heterocycles. The van der Waals surface area contributed by atoms with E-state index in [1.54, 1.807) is 6.33 Å². The Morgan fingerprint density at radius 2 is 2.06 bits per heavy atom. The molecule has 0 unspecified atom stereocenters. The summed E-state index contributed by atoms with van der Waals surface area (Å²) >= 11 is 0. The van der Waals surface area contributed by atoms with Crippen LogP contribution in [0.5, 0.6) is 0 Å². The van der Waals surface area contributed by atoms with Gasteiger partial charge in [-0.15, -0.1) is 0 Å². The maximum atomic E-state index is 5.84. The van der Waals surface area contributed by atoms with Crippen molar-refractivity contribution in [3.05, 3.63) is 6.33 Å². The standard InChI is InChI=1S/C9H13N7/c10-7-6-8(13-5-12-6)15-9(14-7)16-3-1-11-2-4-16/h5,11H,1-4H2,(H3,10,12,13,14,15). The Morgan fingerprint density at radius 3 is 2.88 bits per heavy atom. The average molecular weight is 219 g/mol. The van der Waals surface area contributed by atoms with Crippen LogP contribution < -0.4 is 16.0 Å². The number of rotatable bonds is 1. The molecule has 1 saturated heterocycles. The topological polar surface area (TPSA) is 95.8 Å². The lowest BCUT2D eigenvalue weighted by molar-refractivity contribution is 0.580. The number of nitrogen functional groups attached to an aromatic ring is 1. The minimum Gasteiger partial charge on any atom is -0.382 e. The molecule has 2 aromatic rings. The largest absolute Gasteiger partial charge is 0.382 e. The van der Waals surface area contributed by atoms with Crippen LogP contribution in [0.15, 0.2) is 6.33 Å². The second-order valence-electron chi connectivity index (χ2n) is 3.75. The summed E-state index contributed by atoms with van der Waals surface area (Å²) in [6.07, 6.45) is 1.58. The molecule has 7 heteroatoms. The number of aromatic amines is 1. The first-order valence-corrected chi connectivity index (χ1v) is 5.27. The van der Waals surface area contributed by atoms with Gasteiger partial charge in [-0.05, 0) is 0 Å². The van der Waals surface area contributed by atoms with E-state index < -0.39 is 0 Å². The third-order valence-corrected chi connectivity index (χ3v) is 2.70. The van der Waals surface area contributed by atoms with Gasteiger partial charge in [0.25, 0.3) is 0 Å². The Morgan fingerprint density at radius 1 is 1.25 bits per heavy atom. The van der Waals surface area contributed by atoms with Crippen LogP contribution in [0.3, 0.4) is 0 Å². The molecular weight excluding hydrogens is 206 g/mol. The van der Waals surface area contributed by atoms with E-state index in [1.807, 2.05) is 0 Å². The van der Waals surface area contributed by atoms with Gasteiger partial charge in [0.15, 0.2) is 11.5 Å². The summed E-state index contributed by atoms with van der Waals surface area (Å²) in [5, 5.41) is 3.28. The first-order valence-electron chi connectivity index (χ1n) is 5.27. The molecule has 16 heavy (non-hydrogen) atoms. The predicted molar refractivity (Wildman–Crippen MR) is 61.2 cm³/mol. The van der Waals surface area contributed by atoms with Crippen molar-refractivity contribution in [3.8, 4) is 0 Å². The number of aromatic nitrogens is 4. The highest BCUT2D eigenvalue weighted by atomic mass is 15.3. The van der Waals surface area contributed by atoms with Crippen molar-refractivity contribution >= 4 is 22.9 Å². The molecule has 3 rings (SSSR count). The molecule has 0 saturated carbocycles. The van der Waals surface area contributed by atoms with E-state index in [-0.39, 0.29) is 0 Å². The molecule has 7 nitrogen and oxygen atoms in total. The number of nitrogens with two attached hydrogens (primary N) is 1. The second-order valence-corrected chi connectivity index (χ2v) is 3.75. The average Bonchev–Trinajstić information content (AvgIpc) is 2.79. The second kappa shape index (κ2) is 3.60. The maximum Gasteiger partial charge on any atom is 0.229 e. The molecule has 1 aliphatic heterocycles. The molecule has 0 atom stereocenters. The molecule has 0 radical (unpaired) electrons. The molecule has 0 spiro atoms. The van der Waals surface area contributed by atoms with Gasteiger partial charge in [0.05, 0.1) is 6.33 Å². The lowest BCUT2D eigenvalue weighted by Gasteiger charge is -2.27. The van der Waals surface area contributed by atoms with Crippen molar-refractivity contribution in [1.29, 1.82) is 0 Å². The Bertz CT molecular complexity index is 500. The fourth-order valence-electron chi connectivity index (χ4n) is 1.85. The van der Waals surface area contributed by atoms with Crippen LogP contribution in [0.25, 0.3) is 11.2 Å². The molecule has 0 aromatic carbocycles. The van der Waals surface area contributed by atoms with Gasteiger partial charge in [0.1, 0.15) is 5.52 Å². The zero-order valence-corrected chi connectivity index (χ0v) is 8.77. The van der Waals surface area contributed by atoms with Crippen molar-refractivity contribution in [2.24, 2.45) is 0 Å². The van der Waals surface area contributed by atoms with Gasteiger partial charge in [-0.3, -0.25) is 0 Å². The lowest BCUT2D eigenvalue weighted by Crippen LogP contribution is -2.44. The highest BCUT2D eigenvalue weighted by Gasteiger charge is 2.15. The third-order valence-electron chi connectivity index (χ3n) is 2.70. The highest BCUT2D eigenvalue weighted by molar-refractivity contribution is 5.82. The van der Waals surface area contributed by atoms with E-state index in [0.717, 1.165) is 26.2 Å². The summed E-state index contributed by atoms with van der Waals surface area (Å²) in [5.74, 6) is 1.12.